The molecule has 1 amide bonds. The predicted octanol–water partition coefficient (Wildman–Crippen LogP) is 2.69. The third-order valence-electron chi connectivity index (χ3n) is 4.91. The number of nitrogens with one attached hydrogen (secondary N) is 1. The van der Waals surface area contributed by atoms with E-state index in [9.17, 15) is 4.79 Å². The van der Waals surface area contributed by atoms with Gasteiger partial charge in [-0.1, -0.05) is 6.07 Å². The second-order valence-corrected chi connectivity index (χ2v) is 6.91. The molecule has 0 bridgehead atoms. The SMILES string of the molecule is O=C(NCC1CCCN(Cc2ccc3c(c2)OCCO3)C1)c1ccco1. The van der Waals surface area contributed by atoms with Crippen LogP contribution in [0.1, 0.15) is 29.0 Å². The van der Waals surface area contributed by atoms with Gasteiger partial charge in [-0.25, -0.2) is 0 Å². The zero-order chi connectivity index (χ0) is 17.8. The molecule has 4 rings (SSSR count). The number of fused-ring (bicyclic) bond motifs is 1. The molecular weight excluding hydrogens is 332 g/mol. The minimum atomic E-state index is -0.140. The van der Waals surface area contributed by atoms with Crippen LogP contribution in [0.15, 0.2) is 41.0 Å². The number of hydrogen-bond acceptors (Lipinski definition) is 5. The van der Waals surface area contributed by atoms with Gasteiger partial charge in [0.05, 0.1) is 6.26 Å². The fourth-order valence-corrected chi connectivity index (χ4v) is 3.64. The highest BCUT2D eigenvalue weighted by Crippen LogP contribution is 2.31. The van der Waals surface area contributed by atoms with E-state index in [1.165, 1.54) is 11.8 Å². The summed E-state index contributed by atoms with van der Waals surface area (Å²) in [6, 6.07) is 9.59. The number of nitrogens with zero attached hydrogens (tertiary/aromatic N) is 1. The Bertz CT molecular complexity index is 744. The van der Waals surface area contributed by atoms with E-state index in [0.29, 0.717) is 31.4 Å². The van der Waals surface area contributed by atoms with Gasteiger partial charge in [-0.05, 0) is 55.1 Å². The minimum Gasteiger partial charge on any atom is -0.486 e. The van der Waals surface area contributed by atoms with Crippen molar-refractivity contribution in [3.05, 3.63) is 47.9 Å². The average molecular weight is 356 g/mol. The van der Waals surface area contributed by atoms with Gasteiger partial charge < -0.3 is 19.2 Å². The van der Waals surface area contributed by atoms with Gasteiger partial charge in [-0.3, -0.25) is 9.69 Å². The second kappa shape index (κ2) is 7.83. The number of amides is 1. The highest BCUT2D eigenvalue weighted by Gasteiger charge is 2.22. The van der Waals surface area contributed by atoms with E-state index in [1.54, 1.807) is 12.1 Å². The number of carbonyl (C=O) groups is 1. The van der Waals surface area contributed by atoms with Gasteiger partial charge in [0.1, 0.15) is 13.2 Å². The van der Waals surface area contributed by atoms with E-state index >= 15 is 0 Å². The van der Waals surface area contributed by atoms with Crippen molar-refractivity contribution in [2.75, 3.05) is 32.8 Å². The van der Waals surface area contributed by atoms with Crippen LogP contribution in [0.3, 0.4) is 0 Å². The summed E-state index contributed by atoms with van der Waals surface area (Å²) in [5, 5.41) is 2.98. The quantitative estimate of drug-likeness (QED) is 0.892. The standard InChI is InChI=1S/C20H24N2O4/c23-20(18-4-2-8-24-18)21-12-16-3-1-7-22(14-16)13-15-5-6-17-19(11-15)26-10-9-25-17/h2,4-6,8,11,16H,1,3,7,9-10,12-14H2,(H,21,23). The molecule has 1 unspecified atom stereocenters. The highest BCUT2D eigenvalue weighted by molar-refractivity contribution is 5.91. The van der Waals surface area contributed by atoms with E-state index in [4.69, 9.17) is 13.9 Å². The van der Waals surface area contributed by atoms with Crippen molar-refractivity contribution in [2.24, 2.45) is 5.92 Å². The summed E-state index contributed by atoms with van der Waals surface area (Å²) < 4.78 is 16.4. The lowest BCUT2D eigenvalue weighted by Crippen LogP contribution is -2.40. The number of carbonyl (C=O) groups excluding carboxylic acids is 1. The molecule has 3 heterocycles. The molecule has 1 aromatic heterocycles. The Hall–Kier alpha value is -2.47. The molecule has 0 radical (unpaired) electrons. The third kappa shape index (κ3) is 4.02. The van der Waals surface area contributed by atoms with Crippen LogP contribution in [0, 0.1) is 5.92 Å². The van der Waals surface area contributed by atoms with Gasteiger partial charge in [0.15, 0.2) is 17.3 Å². The lowest BCUT2D eigenvalue weighted by atomic mass is 9.97. The zero-order valence-electron chi connectivity index (χ0n) is 14.8. The normalized spacial score (nSPS) is 19.9. The number of hydrogen-bond donors (Lipinski definition) is 1. The van der Waals surface area contributed by atoms with Crippen molar-refractivity contribution in [3.63, 3.8) is 0 Å². The Kier molecular flexibility index (Phi) is 5.11. The third-order valence-corrected chi connectivity index (χ3v) is 4.91. The van der Waals surface area contributed by atoms with Gasteiger partial charge >= 0.3 is 0 Å². The van der Waals surface area contributed by atoms with Crippen LogP contribution in [0.4, 0.5) is 0 Å². The zero-order valence-corrected chi connectivity index (χ0v) is 14.8. The van der Waals surface area contributed by atoms with Crippen molar-refractivity contribution in [1.29, 1.82) is 0 Å². The lowest BCUT2D eigenvalue weighted by Gasteiger charge is -2.33. The van der Waals surface area contributed by atoms with Crippen LogP contribution in [0.2, 0.25) is 0 Å². The Morgan fingerprint density at radius 1 is 1.19 bits per heavy atom. The maximum Gasteiger partial charge on any atom is 0.286 e. The number of ether oxygens (including phenoxy) is 2. The molecule has 0 saturated carbocycles. The Labute approximate surface area is 153 Å². The largest absolute Gasteiger partial charge is 0.486 e. The molecule has 1 saturated heterocycles. The maximum atomic E-state index is 12.0. The molecule has 2 aliphatic heterocycles. The molecular formula is C20H24N2O4. The van der Waals surface area contributed by atoms with Gasteiger partial charge in [0, 0.05) is 19.6 Å². The van der Waals surface area contributed by atoms with Gasteiger partial charge in [0.25, 0.3) is 5.91 Å². The number of rotatable bonds is 5. The molecule has 1 aromatic carbocycles. The topological polar surface area (TPSA) is 63.9 Å². The summed E-state index contributed by atoms with van der Waals surface area (Å²) in [6.07, 6.45) is 3.80. The van der Waals surface area contributed by atoms with Crippen molar-refractivity contribution in [3.8, 4) is 11.5 Å². The smallest absolute Gasteiger partial charge is 0.286 e. The molecule has 6 nitrogen and oxygen atoms in total. The highest BCUT2D eigenvalue weighted by atomic mass is 16.6. The molecule has 2 aliphatic rings. The molecule has 2 aromatic rings. The van der Waals surface area contributed by atoms with Gasteiger partial charge in [-0.2, -0.15) is 0 Å². The minimum absolute atomic E-state index is 0.140. The van der Waals surface area contributed by atoms with Crippen molar-refractivity contribution < 1.29 is 18.7 Å². The Morgan fingerprint density at radius 2 is 2.08 bits per heavy atom. The van der Waals surface area contributed by atoms with E-state index < -0.39 is 0 Å². The van der Waals surface area contributed by atoms with Crippen LogP contribution >= 0.6 is 0 Å². The number of furan rings is 1. The molecule has 0 aliphatic carbocycles. The second-order valence-electron chi connectivity index (χ2n) is 6.91. The van der Waals surface area contributed by atoms with E-state index in [0.717, 1.165) is 44.0 Å². The fraction of sp³-hybridized carbons (Fsp3) is 0.450. The maximum absolute atomic E-state index is 12.0. The van der Waals surface area contributed by atoms with Gasteiger partial charge in [0.2, 0.25) is 0 Å². The number of piperidine rings is 1. The van der Waals surface area contributed by atoms with Crippen molar-refractivity contribution in [2.45, 2.75) is 19.4 Å². The number of benzene rings is 1. The first-order chi connectivity index (χ1) is 12.8. The van der Waals surface area contributed by atoms with E-state index in [2.05, 4.69) is 22.3 Å². The van der Waals surface area contributed by atoms with Crippen molar-refractivity contribution in [1.82, 2.24) is 10.2 Å². The van der Waals surface area contributed by atoms with E-state index in [-0.39, 0.29) is 5.91 Å². The molecule has 1 N–H and O–H groups in total. The molecule has 6 heteroatoms. The summed E-state index contributed by atoms with van der Waals surface area (Å²) >= 11 is 0. The first-order valence-electron chi connectivity index (χ1n) is 9.20. The fourth-order valence-electron chi connectivity index (χ4n) is 3.64. The molecule has 1 fully saturated rings. The first-order valence-corrected chi connectivity index (χ1v) is 9.20. The monoisotopic (exact) mass is 356 g/mol. The van der Waals surface area contributed by atoms with Crippen LogP contribution < -0.4 is 14.8 Å². The first kappa shape index (κ1) is 17.0. The van der Waals surface area contributed by atoms with Crippen LogP contribution in [0.5, 0.6) is 11.5 Å². The predicted molar refractivity (Wildman–Crippen MR) is 96.5 cm³/mol. The van der Waals surface area contributed by atoms with Gasteiger partial charge in [-0.15, -0.1) is 0 Å². The van der Waals surface area contributed by atoms with Crippen molar-refractivity contribution >= 4 is 5.91 Å². The van der Waals surface area contributed by atoms with Crippen LogP contribution in [-0.2, 0) is 6.54 Å². The summed E-state index contributed by atoms with van der Waals surface area (Å²) in [5.41, 5.74) is 1.23. The lowest BCUT2D eigenvalue weighted by molar-refractivity contribution is 0.0903. The number of likely N-dealkylation sites (tertiary alicyclic amines) is 1. The van der Waals surface area contributed by atoms with Crippen LogP contribution in [0.25, 0.3) is 0 Å². The average Bonchev–Trinajstić information content (AvgIpc) is 3.21. The molecule has 26 heavy (non-hydrogen) atoms. The molecule has 138 valence electrons. The molecule has 1 atom stereocenters. The summed E-state index contributed by atoms with van der Waals surface area (Å²) in [4.78, 5) is 14.5. The Balaban J connectivity index is 1.30. The van der Waals surface area contributed by atoms with Crippen LogP contribution in [-0.4, -0.2) is 43.7 Å². The summed E-state index contributed by atoms with van der Waals surface area (Å²) in [7, 11) is 0. The van der Waals surface area contributed by atoms with E-state index in [1.807, 2.05) is 6.07 Å². The summed E-state index contributed by atoms with van der Waals surface area (Å²) in [6.45, 7) is 4.85. The molecule has 0 spiro atoms. The Morgan fingerprint density at radius 3 is 2.92 bits per heavy atom. The summed E-state index contributed by atoms with van der Waals surface area (Å²) in [5.74, 6) is 2.36.